The molecule has 0 amide bonds. The minimum Gasteiger partial charge on any atom is -0.411 e. The number of oxime groups is 2. The highest BCUT2D eigenvalue weighted by molar-refractivity contribution is 5.83. The fourth-order valence-electron chi connectivity index (χ4n) is 0.783. The lowest BCUT2D eigenvalue weighted by molar-refractivity contribution is 0.316. The zero-order valence-electron chi connectivity index (χ0n) is 9.62. The first-order valence-electron chi connectivity index (χ1n) is 5.09. The van der Waals surface area contributed by atoms with E-state index in [-0.39, 0.29) is 0 Å². The minimum atomic E-state index is 0.854. The van der Waals surface area contributed by atoms with Gasteiger partial charge < -0.3 is 10.4 Å². The van der Waals surface area contributed by atoms with Gasteiger partial charge in [-0.15, -0.1) is 0 Å². The van der Waals surface area contributed by atoms with Crippen LogP contribution < -0.4 is 0 Å². The van der Waals surface area contributed by atoms with E-state index in [4.69, 9.17) is 10.4 Å². The third-order valence-corrected chi connectivity index (χ3v) is 1.92. The van der Waals surface area contributed by atoms with Crippen molar-refractivity contribution in [3.05, 3.63) is 0 Å². The van der Waals surface area contributed by atoms with Crippen molar-refractivity contribution in [2.75, 3.05) is 0 Å². The van der Waals surface area contributed by atoms with Crippen LogP contribution >= 0.6 is 0 Å². The fourth-order valence-corrected chi connectivity index (χ4v) is 0.783. The number of hydrogen-bond acceptors (Lipinski definition) is 4. The van der Waals surface area contributed by atoms with Gasteiger partial charge >= 0.3 is 0 Å². The topological polar surface area (TPSA) is 65.2 Å². The first kappa shape index (κ1) is 15.4. The lowest BCUT2D eigenvalue weighted by Crippen LogP contribution is -1.90. The molecule has 0 unspecified atom stereocenters. The molecule has 84 valence electrons. The van der Waals surface area contributed by atoms with Crippen LogP contribution in [0.4, 0.5) is 0 Å². The van der Waals surface area contributed by atoms with E-state index in [1.807, 2.05) is 27.7 Å². The van der Waals surface area contributed by atoms with E-state index in [2.05, 4.69) is 10.3 Å². The van der Waals surface area contributed by atoms with Crippen LogP contribution in [0.25, 0.3) is 0 Å². The first-order valence-corrected chi connectivity index (χ1v) is 5.09. The monoisotopic (exact) mass is 202 g/mol. The second-order valence-corrected chi connectivity index (χ2v) is 2.75. The molecule has 0 aromatic carbocycles. The van der Waals surface area contributed by atoms with Crippen molar-refractivity contribution in [2.24, 2.45) is 10.3 Å². The van der Waals surface area contributed by atoms with Crippen LogP contribution in [0, 0.1) is 0 Å². The van der Waals surface area contributed by atoms with E-state index in [0.29, 0.717) is 0 Å². The summed E-state index contributed by atoms with van der Waals surface area (Å²) in [6.45, 7) is 7.88. The van der Waals surface area contributed by atoms with Crippen LogP contribution in [-0.2, 0) is 0 Å². The van der Waals surface area contributed by atoms with E-state index in [9.17, 15) is 0 Å². The Morgan fingerprint density at radius 3 is 0.929 bits per heavy atom. The second kappa shape index (κ2) is 11.9. The molecule has 0 atom stereocenters. The van der Waals surface area contributed by atoms with E-state index in [1.165, 1.54) is 0 Å². The molecular formula is C10H22N2O2. The van der Waals surface area contributed by atoms with Crippen molar-refractivity contribution in [3.63, 3.8) is 0 Å². The van der Waals surface area contributed by atoms with Crippen molar-refractivity contribution < 1.29 is 10.4 Å². The van der Waals surface area contributed by atoms with Gasteiger partial charge in [0.05, 0.1) is 11.4 Å². The molecule has 0 bridgehead atoms. The smallest absolute Gasteiger partial charge is 0.0565 e. The average Bonchev–Trinajstić information content (AvgIpc) is 2.24. The van der Waals surface area contributed by atoms with Gasteiger partial charge in [-0.3, -0.25) is 0 Å². The van der Waals surface area contributed by atoms with E-state index in [0.717, 1.165) is 37.1 Å². The second-order valence-electron chi connectivity index (χ2n) is 2.75. The lowest BCUT2D eigenvalue weighted by atomic mass is 10.2. The predicted molar refractivity (Wildman–Crippen MR) is 59.6 cm³/mol. The van der Waals surface area contributed by atoms with Crippen LogP contribution in [0.15, 0.2) is 10.3 Å². The molecule has 2 N–H and O–H groups in total. The standard InChI is InChI=1S/2C5H11NO/c2*1-3-5(4-2)6-7/h2*7H,3-4H2,1-2H3. The summed E-state index contributed by atoms with van der Waals surface area (Å²) in [6, 6.07) is 0. The maximum Gasteiger partial charge on any atom is 0.0565 e. The maximum absolute atomic E-state index is 8.11. The van der Waals surface area contributed by atoms with E-state index >= 15 is 0 Å². The van der Waals surface area contributed by atoms with Gasteiger partial charge in [0, 0.05) is 0 Å². The van der Waals surface area contributed by atoms with Crippen LogP contribution in [0.5, 0.6) is 0 Å². The summed E-state index contributed by atoms with van der Waals surface area (Å²) >= 11 is 0. The van der Waals surface area contributed by atoms with Gasteiger partial charge in [0.15, 0.2) is 0 Å². The number of hydrogen-bond donors (Lipinski definition) is 2. The Balaban J connectivity index is 0. The van der Waals surface area contributed by atoms with Gasteiger partial charge in [-0.1, -0.05) is 38.0 Å². The highest BCUT2D eigenvalue weighted by atomic mass is 16.4. The molecule has 4 nitrogen and oxygen atoms in total. The lowest BCUT2D eigenvalue weighted by Gasteiger charge is -1.89. The minimum absolute atomic E-state index is 0.854. The van der Waals surface area contributed by atoms with Gasteiger partial charge in [-0.25, -0.2) is 0 Å². The van der Waals surface area contributed by atoms with Crippen LogP contribution in [0.3, 0.4) is 0 Å². The summed E-state index contributed by atoms with van der Waals surface area (Å²) < 4.78 is 0. The molecular weight excluding hydrogens is 180 g/mol. The Morgan fingerprint density at radius 2 is 0.929 bits per heavy atom. The van der Waals surface area contributed by atoms with E-state index in [1.54, 1.807) is 0 Å². The molecule has 4 heteroatoms. The van der Waals surface area contributed by atoms with Gasteiger partial charge in [-0.05, 0) is 25.7 Å². The molecule has 0 fully saturated rings. The van der Waals surface area contributed by atoms with Gasteiger partial charge in [-0.2, -0.15) is 0 Å². The summed E-state index contributed by atoms with van der Waals surface area (Å²) in [4.78, 5) is 0. The Bertz CT molecular complexity index is 145. The molecule has 0 aromatic heterocycles. The van der Waals surface area contributed by atoms with Crippen LogP contribution in [0.2, 0.25) is 0 Å². The Labute approximate surface area is 86.3 Å². The molecule has 0 spiro atoms. The average molecular weight is 202 g/mol. The first-order chi connectivity index (χ1) is 6.69. The molecule has 0 aliphatic carbocycles. The van der Waals surface area contributed by atoms with Crippen molar-refractivity contribution in [3.8, 4) is 0 Å². The van der Waals surface area contributed by atoms with Crippen LogP contribution in [-0.4, -0.2) is 21.8 Å². The zero-order valence-corrected chi connectivity index (χ0v) is 9.62. The van der Waals surface area contributed by atoms with Gasteiger partial charge in [0.2, 0.25) is 0 Å². The molecule has 0 aromatic rings. The van der Waals surface area contributed by atoms with Crippen LogP contribution in [0.1, 0.15) is 53.4 Å². The molecule has 0 heterocycles. The highest BCUT2D eigenvalue weighted by Crippen LogP contribution is 1.88. The predicted octanol–water partition coefficient (Wildman–Crippen LogP) is 3.27. The summed E-state index contributed by atoms with van der Waals surface area (Å²) in [7, 11) is 0. The van der Waals surface area contributed by atoms with Crippen molar-refractivity contribution in [1.82, 2.24) is 0 Å². The van der Waals surface area contributed by atoms with Crippen molar-refractivity contribution in [1.29, 1.82) is 0 Å². The summed E-state index contributed by atoms with van der Waals surface area (Å²) in [5, 5.41) is 22.3. The highest BCUT2D eigenvalue weighted by Gasteiger charge is 1.87. The summed E-state index contributed by atoms with van der Waals surface area (Å²) in [5.74, 6) is 0. The number of rotatable bonds is 4. The Hall–Kier alpha value is -1.06. The Kier molecular flexibility index (Phi) is 13.1. The van der Waals surface area contributed by atoms with Gasteiger partial charge in [0.1, 0.15) is 0 Å². The third-order valence-electron chi connectivity index (χ3n) is 1.92. The fraction of sp³-hybridized carbons (Fsp3) is 0.800. The molecule has 0 aliphatic rings. The summed E-state index contributed by atoms with van der Waals surface area (Å²) in [5.41, 5.74) is 1.72. The maximum atomic E-state index is 8.11. The summed E-state index contributed by atoms with van der Waals surface area (Å²) in [6.07, 6.45) is 3.42. The third kappa shape index (κ3) is 9.03. The van der Waals surface area contributed by atoms with E-state index < -0.39 is 0 Å². The molecule has 0 aliphatic heterocycles. The van der Waals surface area contributed by atoms with Crippen molar-refractivity contribution >= 4 is 11.4 Å². The van der Waals surface area contributed by atoms with Gasteiger partial charge in [0.25, 0.3) is 0 Å². The Morgan fingerprint density at radius 1 is 0.714 bits per heavy atom. The SMILES string of the molecule is CCC(CC)=NO.CCC(CC)=NO. The largest absolute Gasteiger partial charge is 0.411 e. The molecule has 14 heavy (non-hydrogen) atoms. The quantitative estimate of drug-likeness (QED) is 0.417. The molecule has 0 radical (unpaired) electrons. The molecule has 0 rings (SSSR count). The molecule has 0 saturated carbocycles. The zero-order chi connectivity index (χ0) is 11.4. The normalized spacial score (nSPS) is 8.29. The number of nitrogens with zero attached hydrogens (tertiary/aromatic N) is 2. The molecule has 0 saturated heterocycles. The van der Waals surface area contributed by atoms with Crippen molar-refractivity contribution in [2.45, 2.75) is 53.4 Å².